The number of halogens is 2. The summed E-state index contributed by atoms with van der Waals surface area (Å²) < 4.78 is 6.42. The molecule has 8 heteroatoms. The van der Waals surface area contributed by atoms with Gasteiger partial charge in [0, 0.05) is 10.8 Å². The minimum Gasteiger partial charge on any atom is -0.461 e. The third kappa shape index (κ3) is 7.49. The lowest BCUT2D eigenvalue weighted by Crippen LogP contribution is -2.04. The van der Waals surface area contributed by atoms with Gasteiger partial charge in [-0.2, -0.15) is 0 Å². The summed E-state index contributed by atoms with van der Waals surface area (Å²) >= 11 is 9.51. The average Bonchev–Trinajstić information content (AvgIpc) is 3.06. The van der Waals surface area contributed by atoms with Crippen LogP contribution in [-0.2, 0) is 11.2 Å². The van der Waals surface area contributed by atoms with Gasteiger partial charge >= 0.3 is 5.97 Å². The fourth-order valence-electron chi connectivity index (χ4n) is 1.31. The van der Waals surface area contributed by atoms with Crippen molar-refractivity contribution >= 4 is 60.5 Å². The molecule has 0 bridgehead atoms. The minimum atomic E-state index is -0.366. The van der Waals surface area contributed by atoms with E-state index >= 15 is 0 Å². The van der Waals surface area contributed by atoms with Crippen molar-refractivity contribution in [3.63, 3.8) is 0 Å². The first-order valence-electron chi connectivity index (χ1n) is 6.44. The van der Waals surface area contributed by atoms with Gasteiger partial charge in [-0.25, -0.2) is 14.8 Å². The molecule has 0 aromatic carbocycles. The molecule has 2 rings (SSSR count). The Morgan fingerprint density at radius 3 is 2.33 bits per heavy atom. The fraction of sp³-hybridized carbons (Fsp3) is 0.462. The Labute approximate surface area is 149 Å². The fourth-order valence-corrected chi connectivity index (χ4v) is 3.37. The molecule has 0 saturated carbocycles. The van der Waals surface area contributed by atoms with E-state index in [1.54, 1.807) is 23.6 Å². The molecule has 0 amide bonds. The summed E-state index contributed by atoms with van der Waals surface area (Å²) in [5.41, 5.74) is 1.59. The lowest BCUT2D eigenvalue weighted by Gasteiger charge is -1.95. The van der Waals surface area contributed by atoms with E-state index in [2.05, 4.69) is 54.1 Å². The van der Waals surface area contributed by atoms with Crippen LogP contribution in [0.25, 0.3) is 0 Å². The zero-order valence-electron chi connectivity index (χ0n) is 11.8. The molecule has 0 aliphatic carbocycles. The van der Waals surface area contributed by atoms with Crippen LogP contribution in [0.4, 0.5) is 0 Å². The van der Waals surface area contributed by atoms with Crippen molar-refractivity contribution in [3.8, 4) is 0 Å². The van der Waals surface area contributed by atoms with E-state index in [0.717, 1.165) is 10.3 Å². The Bertz CT molecular complexity index is 558. The van der Waals surface area contributed by atoms with Crippen molar-refractivity contribution in [1.82, 2.24) is 9.97 Å². The number of nitrogens with zero attached hydrogens (tertiary/aromatic N) is 2. The van der Waals surface area contributed by atoms with E-state index in [4.69, 9.17) is 4.74 Å². The molecule has 2 aromatic rings. The molecule has 0 fully saturated rings. The normalized spacial score (nSPS) is 9.90. The molecule has 0 aliphatic rings. The molecule has 2 heterocycles. The van der Waals surface area contributed by atoms with Crippen molar-refractivity contribution in [2.75, 3.05) is 6.61 Å². The number of aromatic nitrogens is 2. The van der Waals surface area contributed by atoms with E-state index in [-0.39, 0.29) is 5.97 Å². The Morgan fingerprint density at radius 2 is 1.86 bits per heavy atom. The van der Waals surface area contributed by atoms with Gasteiger partial charge in [-0.3, -0.25) is 0 Å². The molecule has 2 aromatic heterocycles. The maximum Gasteiger partial charge on any atom is 0.357 e. The van der Waals surface area contributed by atoms with Crippen LogP contribution in [0, 0.1) is 0 Å². The van der Waals surface area contributed by atoms with Crippen molar-refractivity contribution in [1.29, 1.82) is 0 Å². The van der Waals surface area contributed by atoms with Crippen LogP contribution in [0.15, 0.2) is 18.6 Å². The number of ether oxygens (including phenoxy) is 1. The first-order chi connectivity index (χ1) is 10.1. The van der Waals surface area contributed by atoms with Crippen LogP contribution in [0.5, 0.6) is 0 Å². The van der Waals surface area contributed by atoms with Crippen LogP contribution in [0.2, 0.25) is 0 Å². The second-order valence-electron chi connectivity index (χ2n) is 3.90. The highest BCUT2D eigenvalue weighted by atomic mass is 79.9. The summed E-state index contributed by atoms with van der Waals surface area (Å²) in [6.45, 7) is 4.34. The highest BCUT2D eigenvalue weighted by Crippen LogP contribution is 2.17. The third-order valence-electron chi connectivity index (χ3n) is 2.27. The van der Waals surface area contributed by atoms with Gasteiger partial charge in [0.25, 0.3) is 0 Å². The Balaban J connectivity index is 0.000000211. The molecule has 21 heavy (non-hydrogen) atoms. The average molecular weight is 456 g/mol. The number of hydrogen-bond acceptors (Lipinski definition) is 6. The van der Waals surface area contributed by atoms with Gasteiger partial charge in [-0.05, 0) is 51.6 Å². The molecule has 0 spiro atoms. The predicted octanol–water partition coefficient (Wildman–Crippen LogP) is 5.33. The summed E-state index contributed by atoms with van der Waals surface area (Å²) in [4.78, 5) is 19.1. The van der Waals surface area contributed by atoms with Gasteiger partial charge in [0.15, 0.2) is 13.5 Å². The standard InChI is InChI=1S/C7H10BrNS.C6H6BrNO2S/c1-2-3-4-6-5-10-7(8)9-6;1-2-10-5(9)4-3-11-6(7)8-4/h5H,2-4H2,1H3;3H,2H2,1H3. The van der Waals surface area contributed by atoms with Gasteiger partial charge in [0.2, 0.25) is 0 Å². The predicted molar refractivity (Wildman–Crippen MR) is 94.2 cm³/mol. The van der Waals surface area contributed by atoms with E-state index < -0.39 is 0 Å². The number of rotatable bonds is 5. The van der Waals surface area contributed by atoms with Crippen molar-refractivity contribution in [3.05, 3.63) is 30.0 Å². The van der Waals surface area contributed by atoms with E-state index in [0.29, 0.717) is 16.2 Å². The van der Waals surface area contributed by atoms with E-state index in [9.17, 15) is 4.79 Å². The zero-order chi connectivity index (χ0) is 15.7. The maximum absolute atomic E-state index is 11.0. The quantitative estimate of drug-likeness (QED) is 0.571. The lowest BCUT2D eigenvalue weighted by atomic mass is 10.2. The van der Waals surface area contributed by atoms with Gasteiger partial charge in [0.05, 0.1) is 12.3 Å². The highest BCUT2D eigenvalue weighted by Gasteiger charge is 2.09. The van der Waals surface area contributed by atoms with Gasteiger partial charge in [0.1, 0.15) is 0 Å². The number of carbonyl (C=O) groups excluding carboxylic acids is 1. The maximum atomic E-state index is 11.0. The zero-order valence-corrected chi connectivity index (χ0v) is 16.6. The SMILES string of the molecule is CCCCc1csc(Br)n1.CCOC(=O)c1csc(Br)n1. The van der Waals surface area contributed by atoms with Crippen molar-refractivity contribution in [2.24, 2.45) is 0 Å². The summed E-state index contributed by atoms with van der Waals surface area (Å²) in [6, 6.07) is 0. The van der Waals surface area contributed by atoms with Crippen LogP contribution in [0.3, 0.4) is 0 Å². The number of esters is 1. The molecule has 0 radical (unpaired) electrons. The molecule has 0 N–H and O–H groups in total. The molecule has 4 nitrogen and oxygen atoms in total. The first kappa shape index (κ1) is 18.7. The third-order valence-corrected chi connectivity index (χ3v) is 5.05. The second-order valence-corrected chi connectivity index (χ2v) is 8.17. The van der Waals surface area contributed by atoms with Crippen LogP contribution < -0.4 is 0 Å². The largest absolute Gasteiger partial charge is 0.461 e. The lowest BCUT2D eigenvalue weighted by molar-refractivity contribution is 0.0520. The molecule has 116 valence electrons. The highest BCUT2D eigenvalue weighted by molar-refractivity contribution is 9.11. The smallest absolute Gasteiger partial charge is 0.357 e. The van der Waals surface area contributed by atoms with Crippen LogP contribution in [0.1, 0.15) is 42.9 Å². The summed E-state index contributed by atoms with van der Waals surface area (Å²) in [7, 11) is 0. The van der Waals surface area contributed by atoms with E-state index in [1.807, 2.05) is 0 Å². The van der Waals surface area contributed by atoms with Crippen LogP contribution >= 0.6 is 54.5 Å². The minimum absolute atomic E-state index is 0.365. The molecule has 0 atom stereocenters. The van der Waals surface area contributed by atoms with Crippen LogP contribution in [-0.4, -0.2) is 22.5 Å². The summed E-state index contributed by atoms with van der Waals surface area (Å²) in [5, 5.41) is 3.77. The number of carbonyl (C=O) groups is 1. The summed E-state index contributed by atoms with van der Waals surface area (Å²) in [6.07, 6.45) is 3.61. The number of aryl methyl sites for hydroxylation is 1. The van der Waals surface area contributed by atoms with Crippen molar-refractivity contribution in [2.45, 2.75) is 33.1 Å². The second kappa shape index (κ2) is 10.4. The first-order valence-corrected chi connectivity index (χ1v) is 9.79. The molecular weight excluding hydrogens is 440 g/mol. The molecule has 0 saturated heterocycles. The molecule has 0 aliphatic heterocycles. The Hall–Kier alpha value is -0.310. The Kier molecular flexibility index (Phi) is 9.30. The number of hydrogen-bond donors (Lipinski definition) is 0. The Morgan fingerprint density at radius 1 is 1.19 bits per heavy atom. The van der Waals surface area contributed by atoms with Gasteiger partial charge < -0.3 is 4.74 Å². The van der Waals surface area contributed by atoms with Gasteiger partial charge in [-0.15, -0.1) is 22.7 Å². The monoisotopic (exact) mass is 454 g/mol. The number of unbranched alkanes of at least 4 members (excludes halogenated alkanes) is 1. The summed E-state index contributed by atoms with van der Waals surface area (Å²) in [5.74, 6) is -0.366. The van der Waals surface area contributed by atoms with E-state index in [1.165, 1.54) is 29.9 Å². The molecular formula is C13H16Br2N2O2S2. The molecule has 0 unspecified atom stereocenters. The van der Waals surface area contributed by atoms with Gasteiger partial charge in [-0.1, -0.05) is 13.3 Å². The van der Waals surface area contributed by atoms with Crippen molar-refractivity contribution < 1.29 is 9.53 Å². The number of thiazole rings is 2. The topological polar surface area (TPSA) is 52.1 Å².